The number of rotatable bonds is 5. The molecule has 17 heavy (non-hydrogen) atoms. The van der Waals surface area contributed by atoms with Gasteiger partial charge >= 0.3 is 0 Å². The Morgan fingerprint density at radius 2 is 2.00 bits per heavy atom. The minimum Gasteiger partial charge on any atom is -0.370 e. The second-order valence-electron chi connectivity index (χ2n) is 4.08. The van der Waals surface area contributed by atoms with Gasteiger partial charge in [0.25, 0.3) is 0 Å². The Balaban J connectivity index is 3.97. The highest BCUT2D eigenvalue weighted by atomic mass is 32.2. The molecule has 98 valence electrons. The van der Waals surface area contributed by atoms with Crippen molar-refractivity contribution in [2.75, 3.05) is 6.54 Å². The number of hydrogen-bond donors (Lipinski definition) is 4. The fourth-order valence-corrected chi connectivity index (χ4v) is 1.68. The molecule has 0 aliphatic carbocycles. The fraction of sp³-hybridized carbons (Fsp3) is 0.700. The van der Waals surface area contributed by atoms with Crippen molar-refractivity contribution in [1.29, 1.82) is 5.41 Å². The maximum atomic E-state index is 11.6. The summed E-state index contributed by atoms with van der Waals surface area (Å²) in [7, 11) is 0. The minimum atomic E-state index is -0.377. The van der Waals surface area contributed by atoms with Crippen LogP contribution in [0.4, 0.5) is 0 Å². The summed E-state index contributed by atoms with van der Waals surface area (Å²) in [6.07, 6.45) is 0.939. The van der Waals surface area contributed by atoms with E-state index in [9.17, 15) is 4.79 Å². The summed E-state index contributed by atoms with van der Waals surface area (Å²) in [6.45, 7) is 6.56. The van der Waals surface area contributed by atoms with Crippen LogP contribution in [-0.4, -0.2) is 28.8 Å². The van der Waals surface area contributed by atoms with Gasteiger partial charge in [0.2, 0.25) is 5.91 Å². The quantitative estimate of drug-likeness (QED) is 0.424. The first-order chi connectivity index (χ1) is 7.82. The van der Waals surface area contributed by atoms with Crippen LogP contribution in [-0.2, 0) is 4.79 Å². The first kappa shape index (κ1) is 15.8. The van der Waals surface area contributed by atoms with Gasteiger partial charge in [-0.05, 0) is 19.3 Å². The van der Waals surface area contributed by atoms with Crippen LogP contribution in [0.5, 0.6) is 0 Å². The molecule has 1 atom stereocenters. The van der Waals surface area contributed by atoms with E-state index >= 15 is 0 Å². The molecular formula is C10H21N5OS. The number of carbonyl (C=O) groups excluding carboxylic acids is 1. The fourth-order valence-electron chi connectivity index (χ4n) is 0.992. The van der Waals surface area contributed by atoms with Gasteiger partial charge in [-0.3, -0.25) is 10.2 Å². The molecule has 0 spiro atoms. The van der Waals surface area contributed by atoms with Crippen LogP contribution in [0.1, 0.15) is 27.2 Å². The second kappa shape index (κ2) is 7.94. The van der Waals surface area contributed by atoms with Gasteiger partial charge in [-0.25, -0.2) is 0 Å². The summed E-state index contributed by atoms with van der Waals surface area (Å²) in [4.78, 5) is 15.2. The first-order valence-electron chi connectivity index (χ1n) is 5.45. The van der Waals surface area contributed by atoms with Gasteiger partial charge in [0.05, 0.1) is 5.25 Å². The van der Waals surface area contributed by atoms with Gasteiger partial charge in [-0.1, -0.05) is 25.6 Å². The number of carbonyl (C=O) groups is 1. The number of amidine groups is 1. The maximum Gasteiger partial charge on any atom is 0.233 e. The van der Waals surface area contributed by atoms with Crippen LogP contribution in [0.3, 0.4) is 0 Å². The molecular weight excluding hydrogens is 238 g/mol. The predicted octanol–water partition coefficient (Wildman–Crippen LogP) is 0.479. The van der Waals surface area contributed by atoms with E-state index in [2.05, 4.69) is 24.2 Å². The van der Waals surface area contributed by atoms with E-state index in [1.54, 1.807) is 6.92 Å². The lowest BCUT2D eigenvalue weighted by Gasteiger charge is -2.11. The van der Waals surface area contributed by atoms with Gasteiger partial charge in [-0.2, -0.15) is 4.99 Å². The zero-order valence-corrected chi connectivity index (χ0v) is 11.3. The summed E-state index contributed by atoms with van der Waals surface area (Å²) in [5.41, 5.74) is 10.3. The number of amides is 1. The summed E-state index contributed by atoms with van der Waals surface area (Å²) in [6, 6.07) is 0. The lowest BCUT2D eigenvalue weighted by atomic mass is 10.1. The van der Waals surface area contributed by atoms with Crippen LogP contribution in [0, 0.1) is 11.3 Å². The minimum absolute atomic E-state index is 0.0588. The molecule has 0 aliphatic heterocycles. The molecule has 0 saturated carbocycles. The zero-order chi connectivity index (χ0) is 13.4. The molecule has 7 heteroatoms. The molecule has 0 bridgehead atoms. The van der Waals surface area contributed by atoms with E-state index in [1.807, 2.05) is 0 Å². The molecule has 0 aromatic rings. The lowest BCUT2D eigenvalue weighted by Crippen LogP contribution is -2.33. The topological polar surface area (TPSA) is 117 Å². The molecule has 0 aliphatic rings. The van der Waals surface area contributed by atoms with Crippen LogP contribution in [0.2, 0.25) is 0 Å². The van der Waals surface area contributed by atoms with E-state index in [1.165, 1.54) is 0 Å². The number of nitrogens with zero attached hydrogens (tertiary/aromatic N) is 1. The van der Waals surface area contributed by atoms with Crippen molar-refractivity contribution < 1.29 is 4.79 Å². The average Bonchev–Trinajstić information content (AvgIpc) is 2.15. The smallest absolute Gasteiger partial charge is 0.233 e. The van der Waals surface area contributed by atoms with E-state index in [0.29, 0.717) is 12.5 Å². The number of guanidine groups is 1. The molecule has 1 unspecified atom stereocenters. The van der Waals surface area contributed by atoms with Crippen molar-refractivity contribution in [3.63, 3.8) is 0 Å². The molecule has 0 aromatic heterocycles. The molecule has 0 saturated heterocycles. The number of nitrogens with one attached hydrogen (secondary N) is 2. The Bertz CT molecular complexity index is 299. The van der Waals surface area contributed by atoms with Gasteiger partial charge < -0.3 is 16.8 Å². The number of hydrogen-bond acceptors (Lipinski definition) is 3. The second-order valence-corrected chi connectivity index (χ2v) is 5.40. The van der Waals surface area contributed by atoms with Crippen molar-refractivity contribution in [2.24, 2.45) is 22.4 Å². The van der Waals surface area contributed by atoms with Gasteiger partial charge in [-0.15, -0.1) is 0 Å². The molecule has 6 N–H and O–H groups in total. The van der Waals surface area contributed by atoms with Crippen LogP contribution < -0.4 is 16.8 Å². The lowest BCUT2D eigenvalue weighted by molar-refractivity contribution is -0.120. The predicted molar refractivity (Wildman–Crippen MR) is 73.1 cm³/mol. The van der Waals surface area contributed by atoms with Gasteiger partial charge in [0.1, 0.15) is 0 Å². The number of nitrogens with two attached hydrogens (primary N) is 2. The third-order valence-electron chi connectivity index (χ3n) is 1.91. The highest BCUT2D eigenvalue weighted by Crippen LogP contribution is 2.12. The van der Waals surface area contributed by atoms with Crippen molar-refractivity contribution in [1.82, 2.24) is 5.32 Å². The van der Waals surface area contributed by atoms with Gasteiger partial charge in [0, 0.05) is 6.54 Å². The summed E-state index contributed by atoms with van der Waals surface area (Å²) < 4.78 is 0. The summed E-state index contributed by atoms with van der Waals surface area (Å²) in [5.74, 6) is 0.277. The normalized spacial score (nSPS) is 12.0. The molecule has 1 amide bonds. The Morgan fingerprint density at radius 1 is 1.41 bits per heavy atom. The van der Waals surface area contributed by atoms with Crippen molar-refractivity contribution in [3.8, 4) is 0 Å². The van der Waals surface area contributed by atoms with Crippen LogP contribution >= 0.6 is 11.8 Å². The van der Waals surface area contributed by atoms with E-state index in [4.69, 9.17) is 16.9 Å². The Labute approximate surface area is 106 Å². The molecule has 0 rings (SSSR count). The largest absolute Gasteiger partial charge is 0.370 e. The van der Waals surface area contributed by atoms with E-state index in [-0.39, 0.29) is 22.3 Å². The summed E-state index contributed by atoms with van der Waals surface area (Å²) in [5, 5.41) is 9.79. The standard InChI is InChI=1S/C10H21N5OS/c1-6(2)4-5-14-8(16)7(3)17-10(13)15-9(11)12/h6-7H,4-5H2,1-3H3,(H,14,16)(H5,11,12,13,15). The SMILES string of the molecule is CC(C)CCNC(=O)C(C)SC(=N)N=C(N)N. The molecule has 0 fully saturated rings. The monoisotopic (exact) mass is 259 g/mol. The third-order valence-corrected chi connectivity index (χ3v) is 2.79. The Hall–Kier alpha value is -1.24. The number of aliphatic imine (C=N–C) groups is 1. The third kappa shape index (κ3) is 8.56. The number of thioether (sulfide) groups is 1. The van der Waals surface area contributed by atoms with Crippen molar-refractivity contribution >= 4 is 28.8 Å². The van der Waals surface area contributed by atoms with Crippen molar-refractivity contribution in [2.45, 2.75) is 32.4 Å². The molecule has 0 heterocycles. The maximum absolute atomic E-state index is 11.6. The Kier molecular flexibility index (Phi) is 7.36. The highest BCUT2D eigenvalue weighted by molar-refractivity contribution is 8.14. The molecule has 0 aromatic carbocycles. The Morgan fingerprint density at radius 3 is 2.47 bits per heavy atom. The average molecular weight is 259 g/mol. The van der Waals surface area contributed by atoms with Crippen LogP contribution in [0.15, 0.2) is 4.99 Å². The molecule has 6 nitrogen and oxygen atoms in total. The van der Waals surface area contributed by atoms with Crippen molar-refractivity contribution in [3.05, 3.63) is 0 Å². The first-order valence-corrected chi connectivity index (χ1v) is 6.33. The molecule has 0 radical (unpaired) electrons. The van der Waals surface area contributed by atoms with E-state index < -0.39 is 0 Å². The van der Waals surface area contributed by atoms with E-state index in [0.717, 1.165) is 18.2 Å². The summed E-state index contributed by atoms with van der Waals surface area (Å²) >= 11 is 1.02. The zero-order valence-electron chi connectivity index (χ0n) is 10.5. The van der Waals surface area contributed by atoms with Crippen LogP contribution in [0.25, 0.3) is 0 Å². The van der Waals surface area contributed by atoms with Gasteiger partial charge in [0.15, 0.2) is 11.1 Å². The highest BCUT2D eigenvalue weighted by Gasteiger charge is 2.15.